The van der Waals surface area contributed by atoms with Gasteiger partial charge in [0, 0.05) is 34.8 Å². The number of ether oxygens (including phenoxy) is 1. The summed E-state index contributed by atoms with van der Waals surface area (Å²) in [5.41, 5.74) is 3.73. The second-order valence-corrected chi connectivity index (χ2v) is 9.30. The summed E-state index contributed by atoms with van der Waals surface area (Å²) in [6, 6.07) is 18.1. The number of amides is 1. The summed E-state index contributed by atoms with van der Waals surface area (Å²) in [6.45, 7) is 1.64. The average molecular weight is 493 g/mol. The van der Waals surface area contributed by atoms with Gasteiger partial charge < -0.3 is 4.74 Å². The van der Waals surface area contributed by atoms with Gasteiger partial charge in [-0.1, -0.05) is 24.3 Å². The molecule has 0 radical (unpaired) electrons. The van der Waals surface area contributed by atoms with Crippen LogP contribution in [0.4, 0.5) is 5.69 Å². The molecule has 10 nitrogen and oxygen atoms in total. The number of hydrogen-bond acceptors (Lipinski definition) is 7. The Morgan fingerprint density at radius 2 is 1.77 bits per heavy atom. The first-order chi connectivity index (χ1) is 16.7. The van der Waals surface area contributed by atoms with E-state index in [0.717, 1.165) is 10.0 Å². The quantitative estimate of drug-likeness (QED) is 0.236. The van der Waals surface area contributed by atoms with Gasteiger partial charge in [0.1, 0.15) is 5.75 Å². The van der Waals surface area contributed by atoms with Crippen molar-refractivity contribution in [3.05, 3.63) is 100 Å². The third-order valence-electron chi connectivity index (χ3n) is 5.33. The predicted molar refractivity (Wildman–Crippen MR) is 130 cm³/mol. The number of fused-ring (bicyclic) bond motifs is 1. The van der Waals surface area contributed by atoms with Crippen LogP contribution in [-0.2, 0) is 10.0 Å². The summed E-state index contributed by atoms with van der Waals surface area (Å²) < 4.78 is 32.9. The van der Waals surface area contributed by atoms with Gasteiger partial charge in [0.25, 0.3) is 21.6 Å². The molecule has 1 N–H and O–H groups in total. The lowest BCUT2D eigenvalue weighted by molar-refractivity contribution is -0.385. The number of nitro groups is 1. The van der Waals surface area contributed by atoms with Gasteiger partial charge in [-0.05, 0) is 43.3 Å². The van der Waals surface area contributed by atoms with E-state index >= 15 is 0 Å². The maximum absolute atomic E-state index is 13.4. The predicted octanol–water partition coefficient (Wildman–Crippen LogP) is 3.95. The number of non-ortho nitro benzene ring substituents is 1. The van der Waals surface area contributed by atoms with Crippen molar-refractivity contribution in [3.63, 3.8) is 0 Å². The topological polar surface area (TPSA) is 133 Å². The van der Waals surface area contributed by atoms with Gasteiger partial charge in [0.15, 0.2) is 0 Å². The van der Waals surface area contributed by atoms with E-state index in [1.165, 1.54) is 31.5 Å². The molecule has 4 aromatic rings. The molecule has 0 aliphatic rings. The van der Waals surface area contributed by atoms with Crippen LogP contribution in [0.3, 0.4) is 0 Å². The fourth-order valence-electron chi connectivity index (χ4n) is 3.51. The highest BCUT2D eigenvalue weighted by atomic mass is 32.2. The SMILES string of the molecule is COc1ccc(C(=O)N/N=C(\C)c2cn(S(=O)(=O)c3cccc([N+](=O)[O-])c3)c3ccccc23)cc1. The Kier molecular flexibility index (Phi) is 6.34. The molecule has 0 unspecified atom stereocenters. The van der Waals surface area contributed by atoms with Crippen LogP contribution >= 0.6 is 0 Å². The number of carbonyl (C=O) groups is 1. The summed E-state index contributed by atoms with van der Waals surface area (Å²) >= 11 is 0. The maximum atomic E-state index is 13.4. The Morgan fingerprint density at radius 1 is 1.06 bits per heavy atom. The molecule has 0 bridgehead atoms. The molecule has 0 atom stereocenters. The number of rotatable bonds is 7. The van der Waals surface area contributed by atoms with E-state index < -0.39 is 20.9 Å². The van der Waals surface area contributed by atoms with E-state index in [0.29, 0.717) is 33.5 Å². The van der Waals surface area contributed by atoms with Gasteiger partial charge in [0.2, 0.25) is 0 Å². The van der Waals surface area contributed by atoms with E-state index in [1.807, 2.05) is 0 Å². The maximum Gasteiger partial charge on any atom is 0.271 e. The summed E-state index contributed by atoms with van der Waals surface area (Å²) in [5, 5.41) is 15.9. The van der Waals surface area contributed by atoms with Crippen molar-refractivity contribution in [1.82, 2.24) is 9.40 Å². The van der Waals surface area contributed by atoms with Gasteiger partial charge in [0.05, 0.1) is 28.2 Å². The minimum atomic E-state index is -4.16. The first-order valence-corrected chi connectivity index (χ1v) is 11.8. The van der Waals surface area contributed by atoms with E-state index in [-0.39, 0.29) is 10.6 Å². The summed E-state index contributed by atoms with van der Waals surface area (Å²) in [5.74, 6) is 0.166. The molecular formula is C24H20N4O6S. The first-order valence-electron chi connectivity index (χ1n) is 10.3. The molecule has 0 saturated heterocycles. The number of benzene rings is 3. The van der Waals surface area contributed by atoms with Crippen molar-refractivity contribution in [1.29, 1.82) is 0 Å². The minimum absolute atomic E-state index is 0.221. The van der Waals surface area contributed by atoms with Crippen molar-refractivity contribution < 1.29 is 22.9 Å². The highest BCUT2D eigenvalue weighted by Gasteiger charge is 2.24. The van der Waals surface area contributed by atoms with E-state index in [4.69, 9.17) is 4.74 Å². The highest BCUT2D eigenvalue weighted by Crippen LogP contribution is 2.28. The van der Waals surface area contributed by atoms with E-state index in [2.05, 4.69) is 10.5 Å². The van der Waals surface area contributed by atoms with Gasteiger partial charge in [-0.25, -0.2) is 17.8 Å². The zero-order chi connectivity index (χ0) is 25.2. The molecule has 35 heavy (non-hydrogen) atoms. The Bertz CT molecular complexity index is 1570. The van der Waals surface area contributed by atoms with Crippen LogP contribution in [0.1, 0.15) is 22.8 Å². The summed E-state index contributed by atoms with van der Waals surface area (Å²) in [6.07, 6.45) is 1.39. The van der Waals surface area contributed by atoms with Crippen molar-refractivity contribution in [3.8, 4) is 5.75 Å². The number of nitrogens with one attached hydrogen (secondary N) is 1. The van der Waals surface area contributed by atoms with Crippen LogP contribution < -0.4 is 10.2 Å². The molecule has 178 valence electrons. The third-order valence-corrected chi connectivity index (χ3v) is 7.00. The number of hydrogen-bond donors (Lipinski definition) is 1. The van der Waals surface area contributed by atoms with Crippen LogP contribution in [-0.4, -0.2) is 36.0 Å². The number of para-hydroxylation sites is 1. The Morgan fingerprint density at radius 3 is 2.46 bits per heavy atom. The molecule has 0 aliphatic carbocycles. The molecule has 11 heteroatoms. The smallest absolute Gasteiger partial charge is 0.271 e. The molecular weight excluding hydrogens is 472 g/mol. The van der Waals surface area contributed by atoms with Crippen molar-refractivity contribution in [2.45, 2.75) is 11.8 Å². The van der Waals surface area contributed by atoms with Crippen LogP contribution in [0, 0.1) is 10.1 Å². The van der Waals surface area contributed by atoms with Crippen LogP contribution in [0.15, 0.2) is 89.0 Å². The van der Waals surface area contributed by atoms with Crippen molar-refractivity contribution in [2.75, 3.05) is 7.11 Å². The van der Waals surface area contributed by atoms with Crippen molar-refractivity contribution in [2.24, 2.45) is 5.10 Å². The Balaban J connectivity index is 1.71. The average Bonchev–Trinajstić information content (AvgIpc) is 3.28. The van der Waals surface area contributed by atoms with E-state index in [1.54, 1.807) is 55.5 Å². The van der Waals surface area contributed by atoms with Crippen LogP contribution in [0.5, 0.6) is 5.75 Å². The zero-order valence-corrected chi connectivity index (χ0v) is 19.5. The minimum Gasteiger partial charge on any atom is -0.497 e. The van der Waals surface area contributed by atoms with E-state index in [9.17, 15) is 23.3 Å². The molecule has 1 aromatic heterocycles. The van der Waals surface area contributed by atoms with Gasteiger partial charge in [-0.2, -0.15) is 5.10 Å². The molecule has 0 fully saturated rings. The monoisotopic (exact) mass is 492 g/mol. The molecule has 1 amide bonds. The number of aromatic nitrogens is 1. The summed E-state index contributed by atoms with van der Waals surface area (Å²) in [4.78, 5) is 22.7. The first kappa shape index (κ1) is 23.6. The largest absolute Gasteiger partial charge is 0.497 e. The van der Waals surface area contributed by atoms with Gasteiger partial charge >= 0.3 is 0 Å². The van der Waals surface area contributed by atoms with Crippen LogP contribution in [0.2, 0.25) is 0 Å². The summed E-state index contributed by atoms with van der Waals surface area (Å²) in [7, 11) is -2.63. The number of methoxy groups -OCH3 is 1. The van der Waals surface area contributed by atoms with Crippen molar-refractivity contribution >= 4 is 38.2 Å². The fraction of sp³-hybridized carbons (Fsp3) is 0.0833. The lowest BCUT2D eigenvalue weighted by Crippen LogP contribution is -2.19. The fourth-order valence-corrected chi connectivity index (χ4v) is 4.92. The lowest BCUT2D eigenvalue weighted by atomic mass is 10.1. The van der Waals surface area contributed by atoms with Crippen LogP contribution in [0.25, 0.3) is 10.9 Å². The number of nitrogens with zero attached hydrogens (tertiary/aromatic N) is 3. The second kappa shape index (κ2) is 9.39. The molecule has 3 aromatic carbocycles. The molecule has 0 aliphatic heterocycles. The van der Waals surface area contributed by atoms with Gasteiger partial charge in [-0.3, -0.25) is 14.9 Å². The lowest BCUT2D eigenvalue weighted by Gasteiger charge is -2.07. The zero-order valence-electron chi connectivity index (χ0n) is 18.7. The Labute approximate surface area is 200 Å². The van der Waals surface area contributed by atoms with Gasteiger partial charge in [-0.15, -0.1) is 0 Å². The number of hydrazone groups is 1. The normalized spacial score (nSPS) is 11.9. The molecule has 0 saturated carbocycles. The third kappa shape index (κ3) is 4.62. The number of carbonyl (C=O) groups excluding carboxylic acids is 1. The second-order valence-electron chi connectivity index (χ2n) is 7.48. The Hall–Kier alpha value is -4.51. The molecule has 0 spiro atoms. The highest BCUT2D eigenvalue weighted by molar-refractivity contribution is 7.90. The molecule has 1 heterocycles. The standard InChI is InChI=1S/C24H20N4O6S/c1-16(25-26-24(29)17-10-12-19(34-2)13-11-17)22-15-27(23-9-4-3-8-21(22)23)35(32,33)20-7-5-6-18(14-20)28(30)31/h3-15H,1-2H3,(H,26,29)/b25-16+. The molecule has 4 rings (SSSR count). The number of nitro benzene ring substituents is 1.